The molecule has 0 aliphatic carbocycles. The number of amides is 2. The highest BCUT2D eigenvalue weighted by molar-refractivity contribution is 7.07. The number of carbonyl (C=O) groups is 2. The summed E-state index contributed by atoms with van der Waals surface area (Å²) in [6, 6.07) is -1.08. The van der Waals surface area contributed by atoms with E-state index in [-0.39, 0.29) is 28.6 Å². The Morgan fingerprint density at radius 1 is 1.30 bits per heavy atom. The smallest absolute Gasteiger partial charge is 0.304 e. The van der Waals surface area contributed by atoms with E-state index in [4.69, 9.17) is 0 Å². The zero-order chi connectivity index (χ0) is 15.1. The van der Waals surface area contributed by atoms with Gasteiger partial charge in [-0.15, -0.1) is 0 Å². The van der Waals surface area contributed by atoms with Gasteiger partial charge < -0.3 is 15.2 Å². The summed E-state index contributed by atoms with van der Waals surface area (Å²) in [5.74, 6) is -0.279. The van der Waals surface area contributed by atoms with Crippen LogP contribution in [0.1, 0.15) is 33.4 Å². The van der Waals surface area contributed by atoms with Crippen molar-refractivity contribution in [3.05, 3.63) is 20.7 Å². The fraction of sp³-hybridized carbons (Fsp3) is 0.615. The second-order valence-electron chi connectivity index (χ2n) is 6.12. The van der Waals surface area contributed by atoms with Gasteiger partial charge >= 0.3 is 4.87 Å². The quantitative estimate of drug-likeness (QED) is 0.843. The van der Waals surface area contributed by atoms with E-state index >= 15 is 0 Å². The lowest BCUT2D eigenvalue weighted by Crippen LogP contribution is -2.65. The lowest BCUT2D eigenvalue weighted by atomic mass is 9.84. The van der Waals surface area contributed by atoms with Gasteiger partial charge in [0.1, 0.15) is 12.1 Å². The number of aromatic amines is 1. The fourth-order valence-corrected chi connectivity index (χ4v) is 2.77. The second kappa shape index (κ2) is 5.05. The highest BCUT2D eigenvalue weighted by Gasteiger charge is 2.43. The van der Waals surface area contributed by atoms with Crippen LogP contribution in [-0.4, -0.2) is 33.8 Å². The number of piperazine rings is 1. The molecule has 0 bridgehead atoms. The number of nitrogens with zero attached hydrogens (tertiary/aromatic N) is 1. The molecule has 1 aliphatic rings. The number of aromatic nitrogens is 1. The zero-order valence-electron chi connectivity index (χ0n) is 12.0. The number of hydrogen-bond acceptors (Lipinski definition) is 4. The van der Waals surface area contributed by atoms with E-state index < -0.39 is 12.1 Å². The van der Waals surface area contributed by atoms with Crippen molar-refractivity contribution in [2.75, 3.05) is 0 Å². The van der Waals surface area contributed by atoms with E-state index in [2.05, 4.69) is 10.3 Å². The van der Waals surface area contributed by atoms with Gasteiger partial charge in [-0.3, -0.25) is 14.4 Å². The first kappa shape index (κ1) is 14.8. The molecule has 2 amide bonds. The molecule has 1 saturated heterocycles. The zero-order valence-corrected chi connectivity index (χ0v) is 12.8. The molecule has 2 N–H and O–H groups in total. The topological polar surface area (TPSA) is 82.3 Å². The second-order valence-corrected chi connectivity index (χ2v) is 6.97. The molecule has 110 valence electrons. The van der Waals surface area contributed by atoms with Crippen LogP contribution >= 0.6 is 11.3 Å². The lowest BCUT2D eigenvalue weighted by Gasteiger charge is -2.42. The fourth-order valence-electron chi connectivity index (χ4n) is 2.20. The first-order chi connectivity index (χ1) is 9.20. The van der Waals surface area contributed by atoms with Crippen LogP contribution in [0.25, 0.3) is 0 Å². The van der Waals surface area contributed by atoms with Crippen LogP contribution in [0.15, 0.2) is 10.2 Å². The van der Waals surface area contributed by atoms with Crippen molar-refractivity contribution in [2.24, 2.45) is 5.41 Å². The molecule has 2 heterocycles. The van der Waals surface area contributed by atoms with Gasteiger partial charge in [-0.05, 0) is 12.3 Å². The van der Waals surface area contributed by atoms with E-state index in [1.165, 1.54) is 4.90 Å². The number of H-pyrrole nitrogens is 1. The highest BCUT2D eigenvalue weighted by Crippen LogP contribution is 2.25. The summed E-state index contributed by atoms with van der Waals surface area (Å²) >= 11 is 1.05. The Morgan fingerprint density at radius 2 is 1.95 bits per heavy atom. The van der Waals surface area contributed by atoms with Gasteiger partial charge in [-0.1, -0.05) is 32.1 Å². The average Bonchev–Trinajstić information content (AvgIpc) is 2.73. The molecule has 1 aromatic heterocycles. The maximum Gasteiger partial charge on any atom is 0.304 e. The van der Waals surface area contributed by atoms with Crippen LogP contribution < -0.4 is 10.2 Å². The average molecular weight is 297 g/mol. The summed E-state index contributed by atoms with van der Waals surface area (Å²) in [7, 11) is 0. The summed E-state index contributed by atoms with van der Waals surface area (Å²) in [6.45, 7) is 7.68. The van der Waals surface area contributed by atoms with E-state index in [0.717, 1.165) is 11.3 Å². The minimum absolute atomic E-state index is 0.114. The number of thiazole rings is 1. The van der Waals surface area contributed by atoms with Crippen LogP contribution in [-0.2, 0) is 16.1 Å². The lowest BCUT2D eigenvalue weighted by molar-refractivity contribution is -0.152. The van der Waals surface area contributed by atoms with Crippen LogP contribution in [0.3, 0.4) is 0 Å². The van der Waals surface area contributed by atoms with Crippen molar-refractivity contribution in [3.8, 4) is 0 Å². The van der Waals surface area contributed by atoms with Crippen molar-refractivity contribution < 1.29 is 9.59 Å². The first-order valence-corrected chi connectivity index (χ1v) is 7.35. The first-order valence-electron chi connectivity index (χ1n) is 6.47. The van der Waals surface area contributed by atoms with E-state index in [1.807, 2.05) is 20.8 Å². The molecule has 2 atom stereocenters. The molecule has 0 spiro atoms. The summed E-state index contributed by atoms with van der Waals surface area (Å²) in [5.41, 5.74) is 0.301. The Morgan fingerprint density at radius 3 is 2.45 bits per heavy atom. The number of rotatable bonds is 2. The summed E-state index contributed by atoms with van der Waals surface area (Å²) in [6.07, 6.45) is 0. The minimum Gasteiger partial charge on any atom is -0.342 e. The molecule has 2 rings (SSSR count). The van der Waals surface area contributed by atoms with Crippen molar-refractivity contribution in [3.63, 3.8) is 0 Å². The van der Waals surface area contributed by atoms with Crippen LogP contribution in [0.2, 0.25) is 0 Å². The third-order valence-electron chi connectivity index (χ3n) is 3.44. The molecule has 0 saturated carbocycles. The normalized spacial score (nSPS) is 23.9. The summed E-state index contributed by atoms with van der Waals surface area (Å²) in [4.78, 5) is 39.8. The van der Waals surface area contributed by atoms with E-state index in [9.17, 15) is 14.4 Å². The third kappa shape index (κ3) is 2.77. The Hall–Kier alpha value is -1.63. The van der Waals surface area contributed by atoms with Crippen molar-refractivity contribution in [2.45, 2.75) is 46.3 Å². The Balaban J connectivity index is 2.26. The van der Waals surface area contributed by atoms with Crippen LogP contribution in [0, 0.1) is 5.41 Å². The Bertz CT molecular complexity index is 584. The molecule has 2 unspecified atom stereocenters. The number of nitrogens with one attached hydrogen (secondary N) is 2. The largest absolute Gasteiger partial charge is 0.342 e. The monoisotopic (exact) mass is 297 g/mol. The van der Waals surface area contributed by atoms with Crippen LogP contribution in [0.4, 0.5) is 0 Å². The van der Waals surface area contributed by atoms with Crippen molar-refractivity contribution in [1.29, 1.82) is 0 Å². The molecule has 7 heteroatoms. The molecule has 0 aromatic carbocycles. The number of hydrogen-bond donors (Lipinski definition) is 2. The Kier molecular flexibility index (Phi) is 3.73. The maximum absolute atomic E-state index is 12.6. The Labute approximate surface area is 121 Å². The maximum atomic E-state index is 12.6. The molecular weight excluding hydrogens is 278 g/mol. The molecule has 1 fully saturated rings. The van der Waals surface area contributed by atoms with Gasteiger partial charge in [0.05, 0.1) is 6.54 Å². The SMILES string of the molecule is CC1C(=O)NC(C(C)(C)C)C(=O)N1Cc1csc(=O)[nH]1. The van der Waals surface area contributed by atoms with Crippen molar-refractivity contribution >= 4 is 23.2 Å². The minimum atomic E-state index is -0.545. The van der Waals surface area contributed by atoms with Gasteiger partial charge in [-0.25, -0.2) is 0 Å². The van der Waals surface area contributed by atoms with Crippen molar-refractivity contribution in [1.82, 2.24) is 15.2 Å². The summed E-state index contributed by atoms with van der Waals surface area (Å²) < 4.78 is 0. The predicted octanol–water partition coefficient (Wildman–Crippen LogP) is 0.698. The van der Waals surface area contributed by atoms with Gasteiger partial charge in [-0.2, -0.15) is 0 Å². The van der Waals surface area contributed by atoms with Gasteiger partial charge in [0.2, 0.25) is 11.8 Å². The van der Waals surface area contributed by atoms with Gasteiger partial charge in [0.15, 0.2) is 0 Å². The van der Waals surface area contributed by atoms with Gasteiger partial charge in [0, 0.05) is 11.1 Å². The van der Waals surface area contributed by atoms with E-state index in [0.29, 0.717) is 5.69 Å². The molecule has 0 radical (unpaired) electrons. The van der Waals surface area contributed by atoms with E-state index in [1.54, 1.807) is 12.3 Å². The molecule has 20 heavy (non-hydrogen) atoms. The standard InChI is InChI=1S/C13H19N3O3S/c1-7-10(17)15-9(13(2,3)4)11(18)16(7)5-8-6-20-12(19)14-8/h6-7,9H,5H2,1-4H3,(H,14,19)(H,15,17). The third-order valence-corrected chi connectivity index (χ3v) is 4.16. The molecule has 6 nitrogen and oxygen atoms in total. The highest BCUT2D eigenvalue weighted by atomic mass is 32.1. The number of carbonyl (C=O) groups excluding carboxylic acids is 2. The van der Waals surface area contributed by atoms with Gasteiger partial charge in [0.25, 0.3) is 0 Å². The predicted molar refractivity (Wildman–Crippen MR) is 76.3 cm³/mol. The molecular formula is C13H19N3O3S. The molecule has 1 aromatic rings. The molecule has 1 aliphatic heterocycles. The summed E-state index contributed by atoms with van der Waals surface area (Å²) in [5, 5.41) is 4.46. The van der Waals surface area contributed by atoms with Crippen LogP contribution in [0.5, 0.6) is 0 Å².